The molecule has 1 aromatic heterocycles. The van der Waals surface area contributed by atoms with E-state index in [4.69, 9.17) is 0 Å². The van der Waals surface area contributed by atoms with Crippen LogP contribution in [0.25, 0.3) is 11.3 Å². The monoisotopic (exact) mass is 451 g/mol. The second-order valence-corrected chi connectivity index (χ2v) is 6.58. The van der Waals surface area contributed by atoms with Gasteiger partial charge in [-0.3, -0.25) is 4.79 Å². The zero-order valence-electron chi connectivity index (χ0n) is 12.2. The van der Waals surface area contributed by atoms with E-state index in [1.165, 1.54) is 0 Å². The molecule has 1 heterocycles. The number of Topliss-reactive ketones (excluding diaryl/α,β-unsaturated/α-hetero) is 1. The van der Waals surface area contributed by atoms with E-state index in [0.717, 1.165) is 26.5 Å². The van der Waals surface area contributed by atoms with Crippen LogP contribution in [0.5, 0.6) is 0 Å². The maximum absolute atomic E-state index is 11.3. The number of ketones is 1. The lowest BCUT2D eigenvalue weighted by Gasteiger charge is -2.03. The lowest BCUT2D eigenvalue weighted by atomic mass is 10.1. The molecule has 0 unspecified atom stereocenters. The Morgan fingerprint density at radius 2 is 1.74 bits per heavy atom. The van der Waals surface area contributed by atoms with Crippen molar-refractivity contribution in [3.05, 3.63) is 63.9 Å². The highest BCUT2D eigenvalue weighted by Crippen LogP contribution is 2.28. The fourth-order valence-electron chi connectivity index (χ4n) is 2.00. The van der Waals surface area contributed by atoms with E-state index in [1.807, 2.05) is 53.9 Å². The summed E-state index contributed by atoms with van der Waals surface area (Å²) in [5, 5.41) is 6.11. The molecule has 3 aromatic rings. The lowest BCUT2D eigenvalue weighted by Crippen LogP contribution is -3.00. The molecule has 118 valence electrons. The van der Waals surface area contributed by atoms with Crippen molar-refractivity contribution in [2.75, 3.05) is 5.32 Å². The molecule has 0 atom stereocenters. The summed E-state index contributed by atoms with van der Waals surface area (Å²) in [6.07, 6.45) is 0. The molecule has 0 saturated carbocycles. The van der Waals surface area contributed by atoms with E-state index in [0.29, 0.717) is 5.56 Å². The van der Waals surface area contributed by atoms with Crippen molar-refractivity contribution in [3.8, 4) is 11.3 Å². The number of carbonyl (C=O) groups excluding carboxylic acids is 1. The number of nitrogens with one attached hydrogen (secondary N) is 1. The minimum Gasteiger partial charge on any atom is -1.00 e. The first-order valence-electron chi connectivity index (χ1n) is 6.71. The van der Waals surface area contributed by atoms with Gasteiger partial charge >= 0.3 is 0 Å². The van der Waals surface area contributed by atoms with Gasteiger partial charge in [0.1, 0.15) is 0 Å². The van der Waals surface area contributed by atoms with Crippen LogP contribution in [-0.2, 0) is 0 Å². The molecular weight excluding hydrogens is 440 g/mol. The van der Waals surface area contributed by atoms with Crippen LogP contribution >= 0.6 is 27.3 Å². The highest BCUT2D eigenvalue weighted by atomic mass is 79.9. The van der Waals surface area contributed by atoms with Crippen LogP contribution in [-0.4, -0.2) is 10.8 Å². The highest BCUT2D eigenvalue weighted by Gasteiger charge is 2.05. The topological polar surface area (TPSA) is 42.0 Å². The molecule has 3 rings (SSSR count). The first-order valence-corrected chi connectivity index (χ1v) is 8.38. The van der Waals surface area contributed by atoms with E-state index < -0.39 is 0 Å². The van der Waals surface area contributed by atoms with E-state index >= 15 is 0 Å². The van der Waals surface area contributed by atoms with Gasteiger partial charge in [0.05, 0.1) is 5.69 Å². The normalized spacial score (nSPS) is 10.0. The van der Waals surface area contributed by atoms with E-state index in [9.17, 15) is 4.79 Å². The summed E-state index contributed by atoms with van der Waals surface area (Å²) < 4.78 is 1.05. The molecule has 0 aliphatic carbocycles. The molecule has 0 radical (unpaired) electrons. The number of benzene rings is 2. The molecule has 2 aromatic carbocycles. The van der Waals surface area contributed by atoms with E-state index in [1.54, 1.807) is 18.3 Å². The summed E-state index contributed by atoms with van der Waals surface area (Å²) in [7, 11) is 0. The lowest BCUT2D eigenvalue weighted by molar-refractivity contribution is -0.0000122. The maximum atomic E-state index is 11.3. The molecule has 0 fully saturated rings. The SMILES string of the molecule is CC(=O)c1ccc(Nc2nc(-c3ccc(Br)cc3)cs2)cc1.[Br-]. The largest absolute Gasteiger partial charge is 1.00 e. The van der Waals surface area contributed by atoms with E-state index in [2.05, 4.69) is 26.2 Å². The standard InChI is InChI=1S/C17H13BrN2OS.BrH/c1-11(21)12-4-8-15(9-5-12)19-17-20-16(10-22-17)13-2-6-14(18)7-3-13;/h2-10H,1H3,(H,19,20);1H/p-1. The minimum absolute atomic E-state index is 0. The maximum Gasteiger partial charge on any atom is 0.187 e. The predicted octanol–water partition coefficient (Wildman–Crippen LogP) is 2.52. The van der Waals surface area contributed by atoms with E-state index in [-0.39, 0.29) is 22.8 Å². The minimum atomic E-state index is 0. The molecule has 0 aliphatic rings. The molecule has 1 N–H and O–H groups in total. The first-order chi connectivity index (χ1) is 10.6. The summed E-state index contributed by atoms with van der Waals surface area (Å²) >= 11 is 4.98. The number of thiazole rings is 1. The molecule has 0 bridgehead atoms. The van der Waals surface area contributed by atoms with Crippen LogP contribution in [0.4, 0.5) is 10.8 Å². The average molecular weight is 453 g/mol. The van der Waals surface area contributed by atoms with Crippen LogP contribution in [0.3, 0.4) is 0 Å². The predicted molar refractivity (Wildman–Crippen MR) is 95.0 cm³/mol. The fourth-order valence-corrected chi connectivity index (χ4v) is 3.00. The molecule has 0 amide bonds. The van der Waals surface area contributed by atoms with Crippen LogP contribution in [0, 0.1) is 0 Å². The van der Waals surface area contributed by atoms with Gasteiger partial charge in [-0.15, -0.1) is 11.3 Å². The molecule has 0 saturated heterocycles. The number of rotatable bonds is 4. The molecule has 0 aliphatic heterocycles. The van der Waals surface area contributed by atoms with Crippen molar-refractivity contribution < 1.29 is 21.8 Å². The van der Waals surface area contributed by atoms with Crippen molar-refractivity contribution >= 4 is 43.9 Å². The number of hydrogen-bond donors (Lipinski definition) is 1. The third-order valence-electron chi connectivity index (χ3n) is 3.19. The van der Waals surface area contributed by atoms with Crippen LogP contribution in [0.15, 0.2) is 58.4 Å². The summed E-state index contributed by atoms with van der Waals surface area (Å²) in [5.41, 5.74) is 3.65. The van der Waals surface area contributed by atoms with Gasteiger partial charge in [0, 0.05) is 26.7 Å². The third-order valence-corrected chi connectivity index (χ3v) is 4.47. The van der Waals surface area contributed by atoms with Crippen molar-refractivity contribution in [3.63, 3.8) is 0 Å². The summed E-state index contributed by atoms with van der Waals surface area (Å²) in [6.45, 7) is 1.56. The van der Waals surface area contributed by atoms with Gasteiger partial charge in [-0.05, 0) is 43.3 Å². The van der Waals surface area contributed by atoms with Crippen molar-refractivity contribution in [2.45, 2.75) is 6.92 Å². The number of hydrogen-bond acceptors (Lipinski definition) is 4. The Hall–Kier alpha value is -1.50. The van der Waals surface area contributed by atoms with Gasteiger partial charge in [-0.1, -0.05) is 28.1 Å². The van der Waals surface area contributed by atoms with Crippen molar-refractivity contribution in [1.82, 2.24) is 4.98 Å². The first kappa shape index (κ1) is 17.8. The number of halogens is 2. The fraction of sp³-hybridized carbons (Fsp3) is 0.0588. The van der Waals surface area contributed by atoms with Gasteiger partial charge in [0.2, 0.25) is 0 Å². The van der Waals surface area contributed by atoms with Gasteiger partial charge < -0.3 is 22.3 Å². The summed E-state index contributed by atoms with van der Waals surface area (Å²) in [4.78, 5) is 15.9. The Bertz CT molecular complexity index is 798. The second kappa shape index (κ2) is 7.86. The number of aromatic nitrogens is 1. The van der Waals surface area contributed by atoms with Crippen LogP contribution < -0.4 is 22.3 Å². The van der Waals surface area contributed by atoms with Crippen molar-refractivity contribution in [2.24, 2.45) is 0 Å². The van der Waals surface area contributed by atoms with Crippen LogP contribution in [0.2, 0.25) is 0 Å². The van der Waals surface area contributed by atoms with Gasteiger partial charge in [-0.25, -0.2) is 4.98 Å². The second-order valence-electron chi connectivity index (χ2n) is 4.80. The smallest absolute Gasteiger partial charge is 0.187 e. The molecule has 3 nitrogen and oxygen atoms in total. The summed E-state index contributed by atoms with van der Waals surface area (Å²) in [6, 6.07) is 15.5. The molecular formula is C17H13Br2N2OS-. The molecule has 6 heteroatoms. The third kappa shape index (κ3) is 4.50. The average Bonchev–Trinajstić information content (AvgIpc) is 2.97. The Morgan fingerprint density at radius 1 is 1.09 bits per heavy atom. The Morgan fingerprint density at radius 3 is 2.35 bits per heavy atom. The summed E-state index contributed by atoms with van der Waals surface area (Å²) in [5.74, 6) is 0.0679. The zero-order valence-corrected chi connectivity index (χ0v) is 16.2. The number of nitrogens with zero attached hydrogens (tertiary/aromatic N) is 1. The van der Waals surface area contributed by atoms with Gasteiger partial charge in [-0.2, -0.15) is 0 Å². The quantitative estimate of drug-likeness (QED) is 0.618. The number of anilines is 2. The number of carbonyl (C=O) groups is 1. The molecule has 23 heavy (non-hydrogen) atoms. The zero-order chi connectivity index (χ0) is 15.5. The Kier molecular flexibility index (Phi) is 6.10. The van der Waals surface area contributed by atoms with Gasteiger partial charge in [0.25, 0.3) is 0 Å². The van der Waals surface area contributed by atoms with Crippen molar-refractivity contribution in [1.29, 1.82) is 0 Å². The molecule has 0 spiro atoms. The Labute approximate surface area is 157 Å². The highest BCUT2D eigenvalue weighted by molar-refractivity contribution is 9.10. The van der Waals surface area contributed by atoms with Gasteiger partial charge in [0.15, 0.2) is 10.9 Å². The van der Waals surface area contributed by atoms with Crippen LogP contribution in [0.1, 0.15) is 17.3 Å². The Balaban J connectivity index is 0.00000192.